The van der Waals surface area contributed by atoms with Crippen LogP contribution in [-0.4, -0.2) is 17.7 Å². The highest BCUT2D eigenvalue weighted by Gasteiger charge is 2.08. The van der Waals surface area contributed by atoms with Crippen molar-refractivity contribution in [3.8, 4) is 5.75 Å². The van der Waals surface area contributed by atoms with Gasteiger partial charge in [0.05, 0.1) is 0 Å². The van der Waals surface area contributed by atoms with Gasteiger partial charge in [0.1, 0.15) is 5.75 Å². The zero-order valence-corrected chi connectivity index (χ0v) is 8.48. The number of hydrogen-bond acceptors (Lipinski definition) is 2. The molecule has 0 amide bonds. The van der Waals surface area contributed by atoms with Crippen LogP contribution in [0, 0.1) is 0 Å². The molecule has 0 aliphatic rings. The minimum atomic E-state index is -2.93. The van der Waals surface area contributed by atoms with Crippen molar-refractivity contribution in [1.82, 2.24) is 0 Å². The van der Waals surface area contributed by atoms with Gasteiger partial charge < -0.3 is 9.84 Å². The van der Waals surface area contributed by atoms with Crippen LogP contribution < -0.4 is 4.74 Å². The predicted molar refractivity (Wildman–Crippen MR) is 54.4 cm³/mol. The third kappa shape index (κ3) is 3.34. The average Bonchev–Trinajstić information content (AvgIpc) is 2.20. The molecular formula is C11H10F2O3. The number of benzene rings is 1. The van der Waals surface area contributed by atoms with E-state index in [9.17, 15) is 13.6 Å². The molecule has 3 nitrogen and oxygen atoms in total. The topological polar surface area (TPSA) is 46.5 Å². The smallest absolute Gasteiger partial charge is 0.387 e. The van der Waals surface area contributed by atoms with E-state index in [4.69, 9.17) is 5.11 Å². The number of ether oxygens (including phenoxy) is 1. The molecule has 0 radical (unpaired) electrons. The maximum atomic E-state index is 12.0. The Kier molecular flexibility index (Phi) is 3.99. The minimum Gasteiger partial charge on any atom is -0.478 e. The molecule has 0 spiro atoms. The van der Waals surface area contributed by atoms with Gasteiger partial charge in [0.2, 0.25) is 0 Å². The molecule has 0 aliphatic carbocycles. The van der Waals surface area contributed by atoms with Crippen molar-refractivity contribution < 1.29 is 23.4 Å². The summed E-state index contributed by atoms with van der Waals surface area (Å²) in [6, 6.07) is 6.00. The second-order valence-corrected chi connectivity index (χ2v) is 3.05. The van der Waals surface area contributed by atoms with E-state index in [1.807, 2.05) is 0 Å². The van der Waals surface area contributed by atoms with E-state index in [0.717, 1.165) is 0 Å². The molecule has 0 aliphatic heterocycles. The Labute approximate surface area is 91.0 Å². The van der Waals surface area contributed by atoms with E-state index in [-0.39, 0.29) is 11.3 Å². The maximum absolute atomic E-state index is 12.0. The highest BCUT2D eigenvalue weighted by molar-refractivity contribution is 5.91. The Hall–Kier alpha value is -1.91. The summed E-state index contributed by atoms with van der Waals surface area (Å²) in [7, 11) is 0. The van der Waals surface area contributed by atoms with Gasteiger partial charge in [-0.25, -0.2) is 4.79 Å². The first-order valence-corrected chi connectivity index (χ1v) is 4.46. The largest absolute Gasteiger partial charge is 0.478 e. The third-order valence-corrected chi connectivity index (χ3v) is 1.84. The lowest BCUT2D eigenvalue weighted by Gasteiger charge is -2.07. The molecule has 86 valence electrons. The first-order valence-electron chi connectivity index (χ1n) is 4.46. The number of hydrogen-bond donors (Lipinski definition) is 1. The second-order valence-electron chi connectivity index (χ2n) is 3.05. The van der Waals surface area contributed by atoms with Crippen molar-refractivity contribution in [2.75, 3.05) is 0 Å². The third-order valence-electron chi connectivity index (χ3n) is 1.84. The van der Waals surface area contributed by atoms with Crippen LogP contribution in [-0.2, 0) is 4.79 Å². The van der Waals surface area contributed by atoms with Gasteiger partial charge in [-0.3, -0.25) is 0 Å². The molecule has 0 saturated heterocycles. The zero-order valence-electron chi connectivity index (χ0n) is 8.48. The molecule has 0 unspecified atom stereocenters. The van der Waals surface area contributed by atoms with Gasteiger partial charge in [0, 0.05) is 11.1 Å². The molecule has 0 saturated carbocycles. The Balaban J connectivity index is 3.04. The number of para-hydroxylation sites is 1. The lowest BCUT2D eigenvalue weighted by molar-refractivity contribution is -0.132. The summed E-state index contributed by atoms with van der Waals surface area (Å²) in [5.74, 6) is -1.15. The van der Waals surface area contributed by atoms with Gasteiger partial charge in [-0.2, -0.15) is 8.78 Å². The summed E-state index contributed by atoms with van der Waals surface area (Å²) in [5, 5.41) is 8.66. The fourth-order valence-corrected chi connectivity index (χ4v) is 1.10. The molecule has 1 rings (SSSR count). The Morgan fingerprint density at radius 1 is 1.44 bits per heavy atom. The fourth-order valence-electron chi connectivity index (χ4n) is 1.10. The number of carboxylic acid groups (broad SMARTS) is 1. The first kappa shape index (κ1) is 12.2. The molecule has 0 aromatic heterocycles. The lowest BCUT2D eigenvalue weighted by atomic mass is 10.1. The van der Waals surface area contributed by atoms with Gasteiger partial charge in [0.25, 0.3) is 0 Å². The highest BCUT2D eigenvalue weighted by atomic mass is 19.3. The van der Waals surface area contributed by atoms with Crippen LogP contribution >= 0.6 is 0 Å². The number of rotatable bonds is 4. The van der Waals surface area contributed by atoms with Gasteiger partial charge >= 0.3 is 12.6 Å². The van der Waals surface area contributed by atoms with Crippen LogP contribution in [0.2, 0.25) is 0 Å². The normalized spacial score (nSPS) is 11.6. The Bertz CT molecular complexity index is 413. The second kappa shape index (κ2) is 5.25. The molecule has 1 aromatic carbocycles. The first-order chi connectivity index (χ1) is 7.50. The highest BCUT2D eigenvalue weighted by Crippen LogP contribution is 2.22. The summed E-state index contributed by atoms with van der Waals surface area (Å²) in [6.45, 7) is -1.55. The SMILES string of the molecule is CC(=Cc1ccccc1OC(F)F)C(=O)O. The molecular weight excluding hydrogens is 218 g/mol. The minimum absolute atomic E-state index is 0.0434. The average molecular weight is 228 g/mol. The standard InChI is InChI=1S/C11H10F2O3/c1-7(10(14)15)6-8-4-2-3-5-9(8)16-11(12)13/h2-6,11H,1H3,(H,14,15). The van der Waals surface area contributed by atoms with Gasteiger partial charge in [-0.15, -0.1) is 0 Å². The number of carbonyl (C=O) groups is 1. The van der Waals surface area contributed by atoms with Crippen LogP contribution in [0.15, 0.2) is 29.8 Å². The van der Waals surface area contributed by atoms with Gasteiger partial charge in [0.15, 0.2) is 0 Å². The molecule has 0 heterocycles. The van der Waals surface area contributed by atoms with Crippen molar-refractivity contribution in [2.24, 2.45) is 0 Å². The monoisotopic (exact) mass is 228 g/mol. The summed E-state index contributed by atoms with van der Waals surface area (Å²) in [5.41, 5.74) is 0.355. The molecule has 0 fully saturated rings. The van der Waals surface area contributed by atoms with Crippen molar-refractivity contribution in [2.45, 2.75) is 13.5 Å². The zero-order chi connectivity index (χ0) is 12.1. The fraction of sp³-hybridized carbons (Fsp3) is 0.182. The molecule has 1 N–H and O–H groups in total. The van der Waals surface area contributed by atoms with Gasteiger partial charge in [-0.05, 0) is 19.1 Å². The molecule has 1 aromatic rings. The number of carboxylic acids is 1. The van der Waals surface area contributed by atoms with E-state index >= 15 is 0 Å². The lowest BCUT2D eigenvalue weighted by Crippen LogP contribution is -2.03. The number of alkyl halides is 2. The van der Waals surface area contributed by atoms with Crippen LogP contribution in [0.5, 0.6) is 5.75 Å². The van der Waals surface area contributed by atoms with Crippen LogP contribution in [0.1, 0.15) is 12.5 Å². The van der Waals surface area contributed by atoms with Crippen molar-refractivity contribution in [3.63, 3.8) is 0 Å². The van der Waals surface area contributed by atoms with E-state index in [0.29, 0.717) is 5.56 Å². The van der Waals surface area contributed by atoms with Crippen LogP contribution in [0.4, 0.5) is 8.78 Å². The predicted octanol–water partition coefficient (Wildman–Crippen LogP) is 2.78. The van der Waals surface area contributed by atoms with Crippen LogP contribution in [0.3, 0.4) is 0 Å². The van der Waals surface area contributed by atoms with Crippen LogP contribution in [0.25, 0.3) is 6.08 Å². The summed E-state index contributed by atoms with van der Waals surface area (Å²) >= 11 is 0. The quantitative estimate of drug-likeness (QED) is 0.806. The van der Waals surface area contributed by atoms with Crippen molar-refractivity contribution in [1.29, 1.82) is 0 Å². The number of aliphatic carboxylic acids is 1. The molecule has 16 heavy (non-hydrogen) atoms. The summed E-state index contributed by atoms with van der Waals surface area (Å²) in [6.07, 6.45) is 1.28. The summed E-state index contributed by atoms with van der Waals surface area (Å²) < 4.78 is 28.3. The van der Waals surface area contributed by atoms with E-state index < -0.39 is 12.6 Å². The molecule has 5 heteroatoms. The van der Waals surface area contributed by atoms with Gasteiger partial charge in [-0.1, -0.05) is 18.2 Å². The van der Waals surface area contributed by atoms with E-state index in [1.54, 1.807) is 6.07 Å². The van der Waals surface area contributed by atoms with Crippen molar-refractivity contribution >= 4 is 12.0 Å². The van der Waals surface area contributed by atoms with E-state index in [2.05, 4.69) is 4.74 Å². The molecule has 0 bridgehead atoms. The van der Waals surface area contributed by atoms with Crippen molar-refractivity contribution in [3.05, 3.63) is 35.4 Å². The Morgan fingerprint density at radius 2 is 2.06 bits per heavy atom. The number of halogens is 2. The van der Waals surface area contributed by atoms with E-state index in [1.165, 1.54) is 31.2 Å². The Morgan fingerprint density at radius 3 is 2.62 bits per heavy atom. The summed E-state index contributed by atoms with van der Waals surface area (Å²) in [4.78, 5) is 10.6. The molecule has 0 atom stereocenters. The maximum Gasteiger partial charge on any atom is 0.387 e.